The maximum Gasteiger partial charge on any atom is 0.262 e. The van der Waals surface area contributed by atoms with Crippen LogP contribution in [0.4, 0.5) is 5.69 Å². The summed E-state index contributed by atoms with van der Waals surface area (Å²) in [6, 6.07) is 14.7. The molecule has 2 N–H and O–H groups in total. The van der Waals surface area contributed by atoms with E-state index in [0.717, 1.165) is 30.6 Å². The van der Waals surface area contributed by atoms with Crippen LogP contribution in [-0.4, -0.2) is 25.0 Å². The minimum atomic E-state index is -0.262. The topological polar surface area (TPSA) is 67.4 Å². The summed E-state index contributed by atoms with van der Waals surface area (Å²) in [6.45, 7) is 6.90. The standard InChI is InChI=1S/C23H30N2O3/c1-4-6-14-24-23(27)18-10-9-11-19(15-18)25-22(26)16-28-21-13-8-7-12-20(21)17(3)5-2/h7-13,15,17H,4-6,14,16H2,1-3H3,(H,24,27)(H,25,26). The monoisotopic (exact) mass is 382 g/mol. The third kappa shape index (κ3) is 6.41. The highest BCUT2D eigenvalue weighted by molar-refractivity contribution is 5.97. The number of benzene rings is 2. The quantitative estimate of drug-likeness (QED) is 0.583. The number of para-hydroxylation sites is 1. The van der Waals surface area contributed by atoms with Crippen LogP contribution in [0, 0.1) is 0 Å². The SMILES string of the molecule is CCCCNC(=O)c1cccc(NC(=O)COc2ccccc2C(C)CC)c1. The number of nitrogens with one attached hydrogen (secondary N) is 2. The van der Waals surface area contributed by atoms with E-state index in [1.54, 1.807) is 24.3 Å². The van der Waals surface area contributed by atoms with Crippen molar-refractivity contribution in [3.8, 4) is 5.75 Å². The number of ether oxygens (including phenoxy) is 1. The summed E-state index contributed by atoms with van der Waals surface area (Å²) in [5.41, 5.74) is 2.20. The molecule has 0 spiro atoms. The molecule has 1 atom stereocenters. The molecule has 0 fully saturated rings. The summed E-state index contributed by atoms with van der Waals surface area (Å²) in [5, 5.41) is 5.67. The third-order valence-electron chi connectivity index (χ3n) is 4.65. The molecule has 2 amide bonds. The molecule has 0 aromatic heterocycles. The summed E-state index contributed by atoms with van der Waals surface area (Å²) < 4.78 is 5.75. The first-order valence-electron chi connectivity index (χ1n) is 9.95. The molecule has 0 saturated heterocycles. The zero-order chi connectivity index (χ0) is 20.4. The Morgan fingerprint density at radius 1 is 1.07 bits per heavy atom. The van der Waals surface area contributed by atoms with Crippen molar-refractivity contribution in [2.75, 3.05) is 18.5 Å². The Morgan fingerprint density at radius 3 is 2.61 bits per heavy atom. The van der Waals surface area contributed by atoms with Gasteiger partial charge in [0.05, 0.1) is 0 Å². The van der Waals surface area contributed by atoms with Gasteiger partial charge in [0.1, 0.15) is 5.75 Å². The van der Waals surface area contributed by atoms with Crippen LogP contribution in [0.2, 0.25) is 0 Å². The predicted molar refractivity (Wildman–Crippen MR) is 113 cm³/mol. The molecule has 28 heavy (non-hydrogen) atoms. The molecule has 2 aromatic rings. The van der Waals surface area contributed by atoms with Gasteiger partial charge in [-0.15, -0.1) is 0 Å². The van der Waals surface area contributed by atoms with Gasteiger partial charge >= 0.3 is 0 Å². The van der Waals surface area contributed by atoms with Gasteiger partial charge in [0, 0.05) is 17.8 Å². The van der Waals surface area contributed by atoms with Crippen LogP contribution in [0.3, 0.4) is 0 Å². The van der Waals surface area contributed by atoms with Crippen LogP contribution in [0.1, 0.15) is 61.9 Å². The van der Waals surface area contributed by atoms with E-state index in [1.165, 1.54) is 0 Å². The second-order valence-electron chi connectivity index (χ2n) is 6.87. The number of amides is 2. The first-order chi connectivity index (χ1) is 13.5. The number of carbonyl (C=O) groups excluding carboxylic acids is 2. The number of rotatable bonds is 10. The molecular formula is C23H30N2O3. The lowest BCUT2D eigenvalue weighted by Crippen LogP contribution is -2.25. The van der Waals surface area contributed by atoms with Crippen LogP contribution in [0.25, 0.3) is 0 Å². The van der Waals surface area contributed by atoms with Crippen LogP contribution >= 0.6 is 0 Å². The molecule has 0 radical (unpaired) electrons. The van der Waals surface area contributed by atoms with Crippen molar-refractivity contribution >= 4 is 17.5 Å². The Morgan fingerprint density at radius 2 is 1.86 bits per heavy atom. The lowest BCUT2D eigenvalue weighted by molar-refractivity contribution is -0.118. The molecular weight excluding hydrogens is 352 g/mol. The Balaban J connectivity index is 1.93. The number of carbonyl (C=O) groups is 2. The molecule has 2 rings (SSSR count). The molecule has 0 heterocycles. The fourth-order valence-corrected chi connectivity index (χ4v) is 2.80. The molecule has 5 nitrogen and oxygen atoms in total. The third-order valence-corrected chi connectivity index (χ3v) is 4.65. The molecule has 1 unspecified atom stereocenters. The number of anilines is 1. The predicted octanol–water partition coefficient (Wildman–Crippen LogP) is 4.75. The van der Waals surface area contributed by atoms with Gasteiger partial charge < -0.3 is 15.4 Å². The molecule has 0 bridgehead atoms. The van der Waals surface area contributed by atoms with E-state index >= 15 is 0 Å². The Labute approximate surface area is 167 Å². The number of hydrogen-bond donors (Lipinski definition) is 2. The van der Waals surface area contributed by atoms with Gasteiger partial charge in [0.15, 0.2) is 6.61 Å². The van der Waals surface area contributed by atoms with Crippen molar-refractivity contribution in [1.82, 2.24) is 5.32 Å². The molecule has 0 aliphatic rings. The second-order valence-corrected chi connectivity index (χ2v) is 6.87. The zero-order valence-electron chi connectivity index (χ0n) is 17.0. The lowest BCUT2D eigenvalue weighted by Gasteiger charge is -2.15. The van der Waals surface area contributed by atoms with E-state index in [4.69, 9.17) is 4.74 Å². The number of unbranched alkanes of at least 4 members (excludes halogenated alkanes) is 1. The first-order valence-corrected chi connectivity index (χ1v) is 9.95. The van der Waals surface area contributed by atoms with Crippen LogP contribution in [0.15, 0.2) is 48.5 Å². The van der Waals surface area contributed by atoms with Crippen molar-refractivity contribution in [2.24, 2.45) is 0 Å². The summed E-state index contributed by atoms with van der Waals surface area (Å²) in [4.78, 5) is 24.4. The molecule has 2 aromatic carbocycles. The van der Waals surface area contributed by atoms with Gasteiger partial charge in [0.2, 0.25) is 0 Å². The van der Waals surface area contributed by atoms with E-state index in [2.05, 4.69) is 31.4 Å². The summed E-state index contributed by atoms with van der Waals surface area (Å²) in [5.74, 6) is 0.698. The van der Waals surface area contributed by atoms with Crippen molar-refractivity contribution in [3.05, 3.63) is 59.7 Å². The Kier molecular flexibility index (Phi) is 8.53. The Hall–Kier alpha value is -2.82. The van der Waals surface area contributed by atoms with Gasteiger partial charge in [-0.25, -0.2) is 0 Å². The molecule has 5 heteroatoms. The maximum atomic E-state index is 12.3. The minimum Gasteiger partial charge on any atom is -0.483 e. The molecule has 0 saturated carbocycles. The summed E-state index contributed by atoms with van der Waals surface area (Å²) in [7, 11) is 0. The summed E-state index contributed by atoms with van der Waals surface area (Å²) >= 11 is 0. The minimum absolute atomic E-state index is 0.0830. The van der Waals surface area contributed by atoms with Crippen LogP contribution < -0.4 is 15.4 Å². The average Bonchev–Trinajstić information content (AvgIpc) is 2.72. The average molecular weight is 383 g/mol. The Bertz CT molecular complexity index is 789. The maximum absolute atomic E-state index is 12.3. The normalized spacial score (nSPS) is 11.5. The van der Waals surface area contributed by atoms with Crippen molar-refractivity contribution in [2.45, 2.75) is 46.0 Å². The van der Waals surface area contributed by atoms with Gasteiger partial charge in [-0.3, -0.25) is 9.59 Å². The van der Waals surface area contributed by atoms with Gasteiger partial charge in [-0.1, -0.05) is 51.5 Å². The molecule has 0 aliphatic heterocycles. The van der Waals surface area contributed by atoms with Crippen molar-refractivity contribution < 1.29 is 14.3 Å². The van der Waals surface area contributed by atoms with E-state index in [1.807, 2.05) is 24.3 Å². The van der Waals surface area contributed by atoms with Gasteiger partial charge in [0.25, 0.3) is 11.8 Å². The van der Waals surface area contributed by atoms with E-state index in [9.17, 15) is 9.59 Å². The first kappa shape index (κ1) is 21.5. The zero-order valence-corrected chi connectivity index (χ0v) is 17.0. The van der Waals surface area contributed by atoms with Gasteiger partial charge in [-0.05, 0) is 48.6 Å². The van der Waals surface area contributed by atoms with E-state index < -0.39 is 0 Å². The van der Waals surface area contributed by atoms with E-state index in [-0.39, 0.29) is 18.4 Å². The highest BCUT2D eigenvalue weighted by Crippen LogP contribution is 2.28. The highest BCUT2D eigenvalue weighted by Gasteiger charge is 2.12. The second kappa shape index (κ2) is 11.1. The summed E-state index contributed by atoms with van der Waals surface area (Å²) in [6.07, 6.45) is 2.97. The smallest absolute Gasteiger partial charge is 0.262 e. The van der Waals surface area contributed by atoms with Gasteiger partial charge in [-0.2, -0.15) is 0 Å². The fourth-order valence-electron chi connectivity index (χ4n) is 2.80. The fraction of sp³-hybridized carbons (Fsp3) is 0.391. The van der Waals surface area contributed by atoms with Crippen molar-refractivity contribution in [3.63, 3.8) is 0 Å². The highest BCUT2D eigenvalue weighted by atomic mass is 16.5. The van der Waals surface area contributed by atoms with E-state index in [0.29, 0.717) is 23.7 Å². The lowest BCUT2D eigenvalue weighted by atomic mass is 9.98. The van der Waals surface area contributed by atoms with Crippen LogP contribution in [-0.2, 0) is 4.79 Å². The molecule has 150 valence electrons. The van der Waals surface area contributed by atoms with Crippen molar-refractivity contribution in [1.29, 1.82) is 0 Å². The van der Waals surface area contributed by atoms with Crippen LogP contribution in [0.5, 0.6) is 5.75 Å². The molecule has 0 aliphatic carbocycles. The number of hydrogen-bond acceptors (Lipinski definition) is 3. The largest absolute Gasteiger partial charge is 0.483 e.